The van der Waals surface area contributed by atoms with Gasteiger partial charge in [0, 0.05) is 24.5 Å². The average Bonchev–Trinajstić information content (AvgIpc) is 2.31. The minimum Gasteiger partial charge on any atom is -0.370 e. The molecule has 0 aliphatic carbocycles. The molecule has 0 aromatic rings. The van der Waals surface area contributed by atoms with Crippen LogP contribution >= 0.6 is 0 Å². The van der Waals surface area contributed by atoms with Gasteiger partial charge in [-0.3, -0.25) is 4.79 Å². The topological polar surface area (TPSA) is 72.3 Å². The van der Waals surface area contributed by atoms with Crippen molar-refractivity contribution in [1.29, 1.82) is 0 Å². The molecule has 1 aliphatic rings. The molecule has 4 nitrogen and oxygen atoms in total. The zero-order valence-corrected chi connectivity index (χ0v) is 9.99. The van der Waals surface area contributed by atoms with Crippen LogP contribution in [0.5, 0.6) is 0 Å². The lowest BCUT2D eigenvalue weighted by atomic mass is 9.83. The molecule has 0 saturated carbocycles. The number of amides is 1. The molecule has 4 N–H and O–H groups in total. The number of likely N-dealkylation sites (N-methyl/N-ethyl adjacent to an activating group) is 1. The molecule has 15 heavy (non-hydrogen) atoms. The Kier molecular flexibility index (Phi) is 3.73. The molecule has 1 saturated heterocycles. The van der Waals surface area contributed by atoms with Crippen molar-refractivity contribution in [2.24, 2.45) is 17.4 Å². The predicted octanol–water partition coefficient (Wildman–Crippen LogP) is 0.310. The predicted molar refractivity (Wildman–Crippen MR) is 61.2 cm³/mol. The standard InChI is InChI=1S/C11H23N3O/c1-8(2)6-9-11(13,7-10(12)15)4-5-14(9)3/h8-9H,4-7,13H2,1-3H3,(H2,12,15). The second-order valence-corrected chi connectivity index (χ2v) is 5.25. The van der Waals surface area contributed by atoms with Crippen LogP contribution in [0.15, 0.2) is 0 Å². The van der Waals surface area contributed by atoms with Crippen molar-refractivity contribution in [3.8, 4) is 0 Å². The van der Waals surface area contributed by atoms with Gasteiger partial charge in [0.2, 0.25) is 5.91 Å². The first-order valence-electron chi connectivity index (χ1n) is 5.62. The number of carbonyl (C=O) groups excluding carboxylic acids is 1. The maximum atomic E-state index is 11.0. The molecule has 1 fully saturated rings. The lowest BCUT2D eigenvalue weighted by Crippen LogP contribution is -2.53. The van der Waals surface area contributed by atoms with Gasteiger partial charge in [-0.2, -0.15) is 0 Å². The zero-order valence-electron chi connectivity index (χ0n) is 9.99. The maximum Gasteiger partial charge on any atom is 0.219 e. The van der Waals surface area contributed by atoms with Crippen molar-refractivity contribution in [2.45, 2.75) is 44.7 Å². The summed E-state index contributed by atoms with van der Waals surface area (Å²) >= 11 is 0. The molecule has 1 rings (SSSR count). The first-order valence-corrected chi connectivity index (χ1v) is 5.62. The maximum absolute atomic E-state index is 11.0. The fourth-order valence-corrected chi connectivity index (χ4v) is 2.54. The Bertz CT molecular complexity index is 242. The molecule has 1 aliphatic heterocycles. The third kappa shape index (κ3) is 2.92. The van der Waals surface area contributed by atoms with Crippen LogP contribution in [0.1, 0.15) is 33.1 Å². The molecule has 2 unspecified atom stereocenters. The Labute approximate surface area is 92.0 Å². The molecule has 0 radical (unpaired) electrons. The smallest absolute Gasteiger partial charge is 0.219 e. The van der Waals surface area contributed by atoms with E-state index < -0.39 is 5.54 Å². The van der Waals surface area contributed by atoms with Crippen LogP contribution in [-0.4, -0.2) is 36.0 Å². The Hall–Kier alpha value is -0.610. The van der Waals surface area contributed by atoms with Crippen LogP contribution in [0.4, 0.5) is 0 Å². The van der Waals surface area contributed by atoms with Crippen molar-refractivity contribution >= 4 is 5.91 Å². The Morgan fingerprint density at radius 3 is 2.67 bits per heavy atom. The summed E-state index contributed by atoms with van der Waals surface area (Å²) in [5.74, 6) is 0.299. The van der Waals surface area contributed by atoms with E-state index in [9.17, 15) is 4.79 Å². The van der Waals surface area contributed by atoms with Gasteiger partial charge in [0.1, 0.15) is 0 Å². The summed E-state index contributed by atoms with van der Waals surface area (Å²) in [7, 11) is 2.07. The second-order valence-electron chi connectivity index (χ2n) is 5.25. The molecular formula is C11H23N3O. The van der Waals surface area contributed by atoms with Gasteiger partial charge in [0.15, 0.2) is 0 Å². The molecular weight excluding hydrogens is 190 g/mol. The third-order valence-corrected chi connectivity index (χ3v) is 3.32. The fourth-order valence-electron chi connectivity index (χ4n) is 2.54. The number of primary amides is 1. The highest BCUT2D eigenvalue weighted by molar-refractivity contribution is 5.75. The molecule has 4 heteroatoms. The van der Waals surface area contributed by atoms with Crippen molar-refractivity contribution in [2.75, 3.05) is 13.6 Å². The minimum atomic E-state index is -0.412. The van der Waals surface area contributed by atoms with Gasteiger partial charge in [0.25, 0.3) is 0 Å². The van der Waals surface area contributed by atoms with Crippen molar-refractivity contribution in [3.63, 3.8) is 0 Å². The molecule has 2 atom stereocenters. The lowest BCUT2D eigenvalue weighted by Gasteiger charge is -2.34. The van der Waals surface area contributed by atoms with E-state index in [4.69, 9.17) is 11.5 Å². The van der Waals surface area contributed by atoms with Gasteiger partial charge in [0.05, 0.1) is 0 Å². The minimum absolute atomic E-state index is 0.282. The molecule has 0 aromatic heterocycles. The van der Waals surface area contributed by atoms with Crippen molar-refractivity contribution < 1.29 is 4.79 Å². The van der Waals surface area contributed by atoms with E-state index >= 15 is 0 Å². The van der Waals surface area contributed by atoms with E-state index in [1.807, 2.05) is 0 Å². The fraction of sp³-hybridized carbons (Fsp3) is 0.909. The first-order chi connectivity index (χ1) is 6.85. The van der Waals surface area contributed by atoms with Crippen molar-refractivity contribution in [1.82, 2.24) is 4.90 Å². The number of hydrogen-bond acceptors (Lipinski definition) is 3. The van der Waals surface area contributed by atoms with E-state index in [0.717, 1.165) is 19.4 Å². The summed E-state index contributed by atoms with van der Waals surface area (Å²) in [4.78, 5) is 13.3. The Morgan fingerprint density at radius 2 is 2.20 bits per heavy atom. The van der Waals surface area contributed by atoms with E-state index in [2.05, 4.69) is 25.8 Å². The zero-order chi connectivity index (χ0) is 11.6. The Balaban J connectivity index is 2.73. The molecule has 0 aromatic carbocycles. The normalized spacial score (nSPS) is 32.5. The molecule has 1 heterocycles. The average molecular weight is 213 g/mol. The summed E-state index contributed by atoms with van der Waals surface area (Å²) in [6.07, 6.45) is 2.19. The van der Waals surface area contributed by atoms with Gasteiger partial charge in [-0.1, -0.05) is 13.8 Å². The second kappa shape index (κ2) is 4.49. The summed E-state index contributed by atoms with van der Waals surface area (Å²) in [5.41, 5.74) is 11.1. The summed E-state index contributed by atoms with van der Waals surface area (Å²) in [5, 5.41) is 0. The Morgan fingerprint density at radius 1 is 1.60 bits per heavy atom. The van der Waals surface area contributed by atoms with E-state index in [0.29, 0.717) is 12.3 Å². The van der Waals surface area contributed by atoms with Crippen LogP contribution in [0.3, 0.4) is 0 Å². The number of carbonyl (C=O) groups is 1. The van der Waals surface area contributed by atoms with Crippen LogP contribution in [0.2, 0.25) is 0 Å². The number of hydrogen-bond donors (Lipinski definition) is 2. The highest BCUT2D eigenvalue weighted by atomic mass is 16.1. The van der Waals surface area contributed by atoms with Crippen LogP contribution in [-0.2, 0) is 4.79 Å². The lowest BCUT2D eigenvalue weighted by molar-refractivity contribution is -0.119. The van der Waals surface area contributed by atoms with Gasteiger partial charge in [-0.25, -0.2) is 0 Å². The summed E-state index contributed by atoms with van der Waals surface area (Å²) in [6, 6.07) is 0.282. The van der Waals surface area contributed by atoms with Gasteiger partial charge >= 0.3 is 0 Å². The van der Waals surface area contributed by atoms with Crippen LogP contribution in [0.25, 0.3) is 0 Å². The van der Waals surface area contributed by atoms with E-state index in [-0.39, 0.29) is 11.9 Å². The monoisotopic (exact) mass is 213 g/mol. The van der Waals surface area contributed by atoms with Gasteiger partial charge in [-0.15, -0.1) is 0 Å². The van der Waals surface area contributed by atoms with Crippen LogP contribution in [0, 0.1) is 5.92 Å². The molecule has 0 bridgehead atoms. The molecule has 88 valence electrons. The molecule has 1 amide bonds. The number of nitrogens with zero attached hydrogens (tertiary/aromatic N) is 1. The van der Waals surface area contributed by atoms with E-state index in [1.54, 1.807) is 0 Å². The van der Waals surface area contributed by atoms with Crippen LogP contribution < -0.4 is 11.5 Å². The largest absolute Gasteiger partial charge is 0.370 e. The quantitative estimate of drug-likeness (QED) is 0.706. The van der Waals surface area contributed by atoms with Gasteiger partial charge < -0.3 is 16.4 Å². The molecule has 0 spiro atoms. The van der Waals surface area contributed by atoms with E-state index in [1.165, 1.54) is 0 Å². The highest BCUT2D eigenvalue weighted by Crippen LogP contribution is 2.32. The number of likely N-dealkylation sites (tertiary alicyclic amines) is 1. The summed E-state index contributed by atoms with van der Waals surface area (Å²) < 4.78 is 0. The van der Waals surface area contributed by atoms with Gasteiger partial charge in [-0.05, 0) is 25.8 Å². The number of nitrogens with two attached hydrogens (primary N) is 2. The third-order valence-electron chi connectivity index (χ3n) is 3.32. The number of rotatable bonds is 4. The SMILES string of the molecule is CC(C)CC1N(C)CCC1(N)CC(N)=O. The summed E-state index contributed by atoms with van der Waals surface area (Å²) in [6.45, 7) is 5.31. The van der Waals surface area contributed by atoms with Crippen molar-refractivity contribution in [3.05, 3.63) is 0 Å². The first kappa shape index (κ1) is 12.5. The highest BCUT2D eigenvalue weighted by Gasteiger charge is 2.43.